The van der Waals surface area contributed by atoms with E-state index in [0.717, 1.165) is 27.0 Å². The number of halogens is 2. The van der Waals surface area contributed by atoms with Gasteiger partial charge in [0, 0.05) is 6.04 Å². The Morgan fingerprint density at radius 3 is 2.69 bits per heavy atom. The van der Waals surface area contributed by atoms with Crippen molar-refractivity contribution in [1.29, 1.82) is 0 Å². The molecular formula is C13H17BrClN. The van der Waals surface area contributed by atoms with Crippen LogP contribution in [0.4, 0.5) is 5.69 Å². The standard InChI is InChI=1S/C13H17BrClN/c1-8(2)9-6-10(7-9)16-12-5-3-4-11(15)13(12)14/h3-5,8-10,16H,6-7H2,1-2H3. The zero-order valence-electron chi connectivity index (χ0n) is 9.63. The van der Waals surface area contributed by atoms with E-state index in [-0.39, 0.29) is 0 Å². The summed E-state index contributed by atoms with van der Waals surface area (Å²) in [5.74, 6) is 1.69. The summed E-state index contributed by atoms with van der Waals surface area (Å²) in [6.07, 6.45) is 2.55. The van der Waals surface area contributed by atoms with Gasteiger partial charge in [0.15, 0.2) is 0 Å². The zero-order chi connectivity index (χ0) is 11.7. The van der Waals surface area contributed by atoms with E-state index >= 15 is 0 Å². The molecule has 1 aromatic rings. The van der Waals surface area contributed by atoms with Gasteiger partial charge in [-0.1, -0.05) is 31.5 Å². The van der Waals surface area contributed by atoms with Crippen LogP contribution < -0.4 is 5.32 Å². The van der Waals surface area contributed by atoms with Crippen molar-refractivity contribution in [2.45, 2.75) is 32.7 Å². The second-order valence-corrected chi connectivity index (χ2v) is 6.12. The van der Waals surface area contributed by atoms with Crippen molar-refractivity contribution in [3.05, 3.63) is 27.7 Å². The lowest BCUT2D eigenvalue weighted by Gasteiger charge is -2.39. The molecule has 0 atom stereocenters. The summed E-state index contributed by atoms with van der Waals surface area (Å²) in [5, 5.41) is 4.31. The van der Waals surface area contributed by atoms with Gasteiger partial charge < -0.3 is 5.32 Å². The lowest BCUT2D eigenvalue weighted by atomic mass is 9.73. The van der Waals surface area contributed by atoms with E-state index in [2.05, 4.69) is 41.2 Å². The SMILES string of the molecule is CC(C)C1CC(Nc2cccc(Cl)c2Br)C1. The van der Waals surface area contributed by atoms with E-state index in [1.807, 2.05) is 12.1 Å². The fourth-order valence-electron chi connectivity index (χ4n) is 2.16. The summed E-state index contributed by atoms with van der Waals surface area (Å²) in [6.45, 7) is 4.60. The summed E-state index contributed by atoms with van der Waals surface area (Å²) in [6, 6.07) is 6.56. The molecule has 0 heterocycles. The predicted molar refractivity (Wildman–Crippen MR) is 74.1 cm³/mol. The Morgan fingerprint density at radius 1 is 1.38 bits per heavy atom. The predicted octanol–water partition coefficient (Wildman–Crippen LogP) is 4.95. The number of anilines is 1. The van der Waals surface area contributed by atoms with Crippen LogP contribution in [0.2, 0.25) is 5.02 Å². The van der Waals surface area contributed by atoms with Gasteiger partial charge in [0.2, 0.25) is 0 Å². The first-order chi connectivity index (χ1) is 7.58. The minimum atomic E-state index is 0.613. The molecule has 1 nitrogen and oxygen atoms in total. The molecule has 0 aliphatic heterocycles. The first-order valence-electron chi connectivity index (χ1n) is 5.78. The summed E-state index contributed by atoms with van der Waals surface area (Å²) < 4.78 is 0.977. The Hall–Kier alpha value is -0.210. The zero-order valence-corrected chi connectivity index (χ0v) is 12.0. The van der Waals surface area contributed by atoms with Crippen LogP contribution in [0.5, 0.6) is 0 Å². The molecule has 88 valence electrons. The van der Waals surface area contributed by atoms with Gasteiger partial charge in [0.25, 0.3) is 0 Å². The molecule has 0 unspecified atom stereocenters. The van der Waals surface area contributed by atoms with Gasteiger partial charge in [0.05, 0.1) is 15.2 Å². The van der Waals surface area contributed by atoms with Crippen LogP contribution in [0.25, 0.3) is 0 Å². The second kappa shape index (κ2) is 4.97. The molecule has 0 radical (unpaired) electrons. The van der Waals surface area contributed by atoms with E-state index in [0.29, 0.717) is 6.04 Å². The minimum Gasteiger partial charge on any atom is -0.381 e. The third kappa shape index (κ3) is 2.54. The first kappa shape index (κ1) is 12.3. The maximum Gasteiger partial charge on any atom is 0.0593 e. The smallest absolute Gasteiger partial charge is 0.0593 e. The van der Waals surface area contributed by atoms with Crippen molar-refractivity contribution in [2.24, 2.45) is 11.8 Å². The third-order valence-corrected chi connectivity index (χ3v) is 4.83. The van der Waals surface area contributed by atoms with Gasteiger partial charge in [-0.15, -0.1) is 0 Å². The average molecular weight is 303 g/mol. The maximum absolute atomic E-state index is 6.05. The lowest BCUT2D eigenvalue weighted by molar-refractivity contribution is 0.212. The van der Waals surface area contributed by atoms with E-state index < -0.39 is 0 Å². The fourth-order valence-corrected chi connectivity index (χ4v) is 2.71. The Morgan fingerprint density at radius 2 is 2.06 bits per heavy atom. The molecule has 1 aliphatic carbocycles. The molecular weight excluding hydrogens is 286 g/mol. The summed E-state index contributed by atoms with van der Waals surface area (Å²) in [7, 11) is 0. The van der Waals surface area contributed by atoms with Crippen molar-refractivity contribution < 1.29 is 0 Å². The monoisotopic (exact) mass is 301 g/mol. The molecule has 16 heavy (non-hydrogen) atoms. The van der Waals surface area contributed by atoms with Crippen molar-refractivity contribution in [3.8, 4) is 0 Å². The number of hydrogen-bond donors (Lipinski definition) is 1. The molecule has 0 amide bonds. The number of rotatable bonds is 3. The molecule has 1 saturated carbocycles. The van der Waals surface area contributed by atoms with Gasteiger partial charge in [0.1, 0.15) is 0 Å². The Balaban J connectivity index is 1.94. The third-order valence-electron chi connectivity index (χ3n) is 3.43. The second-order valence-electron chi connectivity index (χ2n) is 4.92. The van der Waals surface area contributed by atoms with Crippen molar-refractivity contribution >= 4 is 33.2 Å². The highest BCUT2D eigenvalue weighted by molar-refractivity contribution is 9.10. The molecule has 1 N–H and O–H groups in total. The number of benzene rings is 1. The van der Waals surface area contributed by atoms with E-state index in [9.17, 15) is 0 Å². The van der Waals surface area contributed by atoms with Gasteiger partial charge in [-0.3, -0.25) is 0 Å². The number of nitrogens with one attached hydrogen (secondary N) is 1. The van der Waals surface area contributed by atoms with Crippen LogP contribution in [0.15, 0.2) is 22.7 Å². The molecule has 1 aromatic carbocycles. The van der Waals surface area contributed by atoms with E-state index in [1.165, 1.54) is 12.8 Å². The molecule has 2 rings (SSSR count). The Labute approximate surface area is 111 Å². The fraction of sp³-hybridized carbons (Fsp3) is 0.538. The van der Waals surface area contributed by atoms with Gasteiger partial charge in [-0.05, 0) is 52.7 Å². The van der Waals surface area contributed by atoms with Crippen LogP contribution in [0.3, 0.4) is 0 Å². The number of hydrogen-bond acceptors (Lipinski definition) is 1. The lowest BCUT2D eigenvalue weighted by Crippen LogP contribution is -2.37. The van der Waals surface area contributed by atoms with Crippen molar-refractivity contribution in [1.82, 2.24) is 0 Å². The average Bonchev–Trinajstić information content (AvgIpc) is 2.16. The molecule has 0 saturated heterocycles. The largest absolute Gasteiger partial charge is 0.381 e. The van der Waals surface area contributed by atoms with Crippen molar-refractivity contribution in [2.75, 3.05) is 5.32 Å². The molecule has 1 aliphatic rings. The molecule has 3 heteroatoms. The van der Waals surface area contributed by atoms with Crippen molar-refractivity contribution in [3.63, 3.8) is 0 Å². The minimum absolute atomic E-state index is 0.613. The summed E-state index contributed by atoms with van der Waals surface area (Å²) >= 11 is 9.56. The highest BCUT2D eigenvalue weighted by Crippen LogP contribution is 2.38. The van der Waals surface area contributed by atoms with Crippen LogP contribution in [0.1, 0.15) is 26.7 Å². The maximum atomic E-state index is 6.05. The molecule has 0 bridgehead atoms. The highest BCUT2D eigenvalue weighted by Gasteiger charge is 2.31. The van der Waals surface area contributed by atoms with Crippen LogP contribution in [-0.2, 0) is 0 Å². The Bertz CT molecular complexity index is 372. The van der Waals surface area contributed by atoms with Crippen LogP contribution in [-0.4, -0.2) is 6.04 Å². The first-order valence-corrected chi connectivity index (χ1v) is 6.95. The van der Waals surface area contributed by atoms with Gasteiger partial charge >= 0.3 is 0 Å². The van der Waals surface area contributed by atoms with Gasteiger partial charge in [-0.2, -0.15) is 0 Å². The van der Waals surface area contributed by atoms with E-state index in [1.54, 1.807) is 0 Å². The normalized spacial score (nSPS) is 24.3. The van der Waals surface area contributed by atoms with Crippen LogP contribution >= 0.6 is 27.5 Å². The van der Waals surface area contributed by atoms with Crippen LogP contribution in [0, 0.1) is 11.8 Å². The molecule has 0 aromatic heterocycles. The van der Waals surface area contributed by atoms with Gasteiger partial charge in [-0.25, -0.2) is 0 Å². The summed E-state index contributed by atoms with van der Waals surface area (Å²) in [5.41, 5.74) is 1.11. The summed E-state index contributed by atoms with van der Waals surface area (Å²) in [4.78, 5) is 0. The van der Waals surface area contributed by atoms with E-state index in [4.69, 9.17) is 11.6 Å². The quantitative estimate of drug-likeness (QED) is 0.833. The Kier molecular flexibility index (Phi) is 3.81. The molecule has 1 fully saturated rings. The topological polar surface area (TPSA) is 12.0 Å². The highest BCUT2D eigenvalue weighted by atomic mass is 79.9. The molecule has 0 spiro atoms.